The lowest BCUT2D eigenvalue weighted by molar-refractivity contribution is -0.124. The number of rotatable bonds is 6. The zero-order chi connectivity index (χ0) is 24.4. The van der Waals surface area contributed by atoms with Gasteiger partial charge in [0.25, 0.3) is 5.91 Å². The molecule has 0 aliphatic carbocycles. The molecule has 3 aromatic rings. The van der Waals surface area contributed by atoms with E-state index in [1.807, 2.05) is 61.5 Å². The third kappa shape index (κ3) is 4.44. The number of amides is 2. The SMILES string of the molecule is CC[C@H](SC1=Nc2ccccc2C2=N[C@H](c3ccccc3)C(=O)N12)C(=O)Nc1ccc(OC)cc1. The number of hydrogen-bond acceptors (Lipinski definition) is 6. The average molecular weight is 485 g/mol. The first-order valence-electron chi connectivity index (χ1n) is 11.4. The Morgan fingerprint density at radius 3 is 2.49 bits per heavy atom. The van der Waals surface area contributed by atoms with Gasteiger partial charge in [-0.1, -0.05) is 61.2 Å². The van der Waals surface area contributed by atoms with Crippen molar-refractivity contribution >= 4 is 46.0 Å². The standard InChI is InChI=1S/C27H24N4O3S/c1-3-22(25(32)28-18-13-15-19(34-2)16-14-18)35-27-29-21-12-8-7-11-20(21)24-30-23(26(33)31(24)27)17-9-5-4-6-10-17/h4-16,22-23H,3H2,1-2H3,(H,28,32)/t22-,23+/m0/s1. The predicted octanol–water partition coefficient (Wildman–Crippen LogP) is 5.18. The molecule has 2 atom stereocenters. The maximum Gasteiger partial charge on any atom is 0.263 e. The predicted molar refractivity (Wildman–Crippen MR) is 139 cm³/mol. The van der Waals surface area contributed by atoms with Gasteiger partial charge in [-0.25, -0.2) is 14.9 Å². The quantitative estimate of drug-likeness (QED) is 0.523. The van der Waals surface area contributed by atoms with Gasteiger partial charge in [0.15, 0.2) is 11.2 Å². The number of aliphatic imine (C=N–C) groups is 2. The third-order valence-corrected chi connectivity index (χ3v) is 7.17. The average Bonchev–Trinajstić information content (AvgIpc) is 3.25. The Morgan fingerprint density at radius 1 is 1.06 bits per heavy atom. The van der Waals surface area contributed by atoms with E-state index in [0.717, 1.165) is 16.8 Å². The van der Waals surface area contributed by atoms with E-state index in [2.05, 4.69) is 5.32 Å². The number of methoxy groups -OCH3 is 1. The van der Waals surface area contributed by atoms with Gasteiger partial charge in [0.1, 0.15) is 11.6 Å². The summed E-state index contributed by atoms with van der Waals surface area (Å²) in [6.45, 7) is 1.94. The number of nitrogens with zero attached hydrogens (tertiary/aromatic N) is 3. The van der Waals surface area contributed by atoms with Crippen LogP contribution in [0.2, 0.25) is 0 Å². The molecule has 0 saturated heterocycles. The van der Waals surface area contributed by atoms with E-state index in [0.29, 0.717) is 28.9 Å². The number of thioether (sulfide) groups is 1. The monoisotopic (exact) mass is 484 g/mol. The Morgan fingerprint density at radius 2 is 1.77 bits per heavy atom. The number of nitrogens with one attached hydrogen (secondary N) is 1. The molecule has 0 unspecified atom stereocenters. The maximum absolute atomic E-state index is 13.6. The molecular weight excluding hydrogens is 460 g/mol. The fourth-order valence-electron chi connectivity index (χ4n) is 4.03. The van der Waals surface area contributed by atoms with E-state index >= 15 is 0 Å². The van der Waals surface area contributed by atoms with Gasteiger partial charge in [-0.2, -0.15) is 0 Å². The number of carbonyl (C=O) groups is 2. The highest BCUT2D eigenvalue weighted by Crippen LogP contribution is 2.38. The summed E-state index contributed by atoms with van der Waals surface area (Å²) in [7, 11) is 1.60. The van der Waals surface area contributed by atoms with Crippen LogP contribution in [0.25, 0.3) is 0 Å². The number of benzene rings is 3. The highest BCUT2D eigenvalue weighted by Gasteiger charge is 2.43. The van der Waals surface area contributed by atoms with E-state index in [1.165, 1.54) is 11.8 Å². The van der Waals surface area contributed by atoms with E-state index in [4.69, 9.17) is 14.7 Å². The molecule has 8 heteroatoms. The molecule has 7 nitrogen and oxygen atoms in total. The molecule has 0 saturated carbocycles. The van der Waals surface area contributed by atoms with Crippen molar-refractivity contribution in [1.82, 2.24) is 4.90 Å². The smallest absolute Gasteiger partial charge is 0.263 e. The summed E-state index contributed by atoms with van der Waals surface area (Å²) in [5, 5.41) is 2.96. The lowest BCUT2D eigenvalue weighted by Crippen LogP contribution is -2.41. The fraction of sp³-hybridized carbons (Fsp3) is 0.185. The molecule has 176 valence electrons. The summed E-state index contributed by atoms with van der Waals surface area (Å²) in [4.78, 5) is 37.8. The van der Waals surface area contributed by atoms with Crippen molar-refractivity contribution in [2.24, 2.45) is 9.98 Å². The largest absolute Gasteiger partial charge is 0.497 e. The summed E-state index contributed by atoms with van der Waals surface area (Å²) in [6.07, 6.45) is 0.559. The van der Waals surface area contributed by atoms with Crippen molar-refractivity contribution in [1.29, 1.82) is 0 Å². The number of fused-ring (bicyclic) bond motifs is 3. The lowest BCUT2D eigenvalue weighted by Gasteiger charge is -2.27. The van der Waals surface area contributed by atoms with Crippen molar-refractivity contribution < 1.29 is 14.3 Å². The van der Waals surface area contributed by atoms with Gasteiger partial charge in [-0.05, 0) is 48.4 Å². The maximum atomic E-state index is 13.6. The summed E-state index contributed by atoms with van der Waals surface area (Å²) < 4.78 is 5.18. The number of para-hydroxylation sites is 1. The van der Waals surface area contributed by atoms with Gasteiger partial charge in [-0.3, -0.25) is 9.59 Å². The van der Waals surface area contributed by atoms with Gasteiger partial charge in [-0.15, -0.1) is 0 Å². The summed E-state index contributed by atoms with van der Waals surface area (Å²) in [5.74, 6) is 0.959. The van der Waals surface area contributed by atoms with Crippen molar-refractivity contribution in [3.63, 3.8) is 0 Å². The Balaban J connectivity index is 1.43. The molecule has 3 aromatic carbocycles. The fourth-order valence-corrected chi connectivity index (χ4v) is 5.05. The minimum atomic E-state index is -0.642. The number of amidine groups is 2. The van der Waals surface area contributed by atoms with Crippen LogP contribution >= 0.6 is 11.8 Å². The second-order valence-corrected chi connectivity index (χ2v) is 9.25. The number of carbonyl (C=O) groups excluding carboxylic acids is 2. The van der Waals surface area contributed by atoms with Crippen LogP contribution in [0.4, 0.5) is 11.4 Å². The van der Waals surface area contributed by atoms with Crippen LogP contribution in [0, 0.1) is 0 Å². The Kier molecular flexibility index (Phi) is 6.37. The first-order valence-corrected chi connectivity index (χ1v) is 12.2. The first-order chi connectivity index (χ1) is 17.1. The van der Waals surface area contributed by atoms with Crippen molar-refractivity contribution in [2.75, 3.05) is 12.4 Å². The van der Waals surface area contributed by atoms with E-state index in [1.54, 1.807) is 36.3 Å². The molecule has 5 rings (SSSR count). The van der Waals surface area contributed by atoms with Gasteiger partial charge in [0.05, 0.1) is 18.0 Å². The third-order valence-electron chi connectivity index (χ3n) is 5.85. The number of ether oxygens (including phenoxy) is 1. The molecule has 2 amide bonds. The number of hydrogen-bond donors (Lipinski definition) is 1. The van der Waals surface area contributed by atoms with Crippen LogP contribution in [-0.4, -0.2) is 40.1 Å². The van der Waals surface area contributed by atoms with Gasteiger partial charge in [0, 0.05) is 11.3 Å². The van der Waals surface area contributed by atoms with Crippen LogP contribution in [0.3, 0.4) is 0 Å². The van der Waals surface area contributed by atoms with Crippen molar-refractivity contribution in [2.45, 2.75) is 24.6 Å². The van der Waals surface area contributed by atoms with Gasteiger partial charge in [0.2, 0.25) is 5.91 Å². The van der Waals surface area contributed by atoms with Crippen LogP contribution in [0.1, 0.15) is 30.5 Å². The molecule has 0 radical (unpaired) electrons. The van der Waals surface area contributed by atoms with Crippen LogP contribution < -0.4 is 10.1 Å². The number of anilines is 1. The molecule has 35 heavy (non-hydrogen) atoms. The molecule has 2 aliphatic rings. The molecule has 0 aromatic heterocycles. The van der Waals surface area contributed by atoms with E-state index < -0.39 is 11.3 Å². The molecule has 2 aliphatic heterocycles. The Hall–Kier alpha value is -3.91. The van der Waals surface area contributed by atoms with Crippen LogP contribution in [-0.2, 0) is 9.59 Å². The zero-order valence-electron chi connectivity index (χ0n) is 19.3. The molecule has 2 heterocycles. The highest BCUT2D eigenvalue weighted by molar-refractivity contribution is 8.15. The van der Waals surface area contributed by atoms with Crippen molar-refractivity contribution in [3.8, 4) is 5.75 Å². The highest BCUT2D eigenvalue weighted by atomic mass is 32.2. The van der Waals surface area contributed by atoms with Crippen LogP contribution in [0.5, 0.6) is 5.75 Å². The van der Waals surface area contributed by atoms with E-state index in [-0.39, 0.29) is 11.8 Å². The van der Waals surface area contributed by atoms with E-state index in [9.17, 15) is 9.59 Å². The molecule has 0 fully saturated rings. The Labute approximate surface area is 207 Å². The van der Waals surface area contributed by atoms with Gasteiger partial charge >= 0.3 is 0 Å². The normalized spacial score (nSPS) is 17.1. The zero-order valence-corrected chi connectivity index (χ0v) is 20.2. The topological polar surface area (TPSA) is 83.4 Å². The molecule has 0 spiro atoms. The van der Waals surface area contributed by atoms with Crippen LogP contribution in [0.15, 0.2) is 88.8 Å². The second kappa shape index (κ2) is 9.76. The minimum Gasteiger partial charge on any atom is -0.497 e. The molecule has 0 bridgehead atoms. The Bertz CT molecular complexity index is 1320. The first kappa shape index (κ1) is 22.9. The minimum absolute atomic E-state index is 0.158. The summed E-state index contributed by atoms with van der Waals surface area (Å²) >= 11 is 1.28. The summed E-state index contributed by atoms with van der Waals surface area (Å²) in [6, 6.07) is 23.7. The molecular formula is C27H24N4O3S. The molecule has 1 N–H and O–H groups in total. The summed E-state index contributed by atoms with van der Waals surface area (Å²) in [5.41, 5.74) is 3.04. The van der Waals surface area contributed by atoms with Crippen molar-refractivity contribution in [3.05, 3.63) is 90.0 Å². The lowest BCUT2D eigenvalue weighted by atomic mass is 10.1. The van der Waals surface area contributed by atoms with Gasteiger partial charge < -0.3 is 10.1 Å². The second-order valence-electron chi connectivity index (χ2n) is 8.08.